The number of unbranched alkanes of at least 4 members (excludes halogenated alkanes) is 1. The van der Waals surface area contributed by atoms with E-state index in [0.29, 0.717) is 50.9 Å². The van der Waals surface area contributed by atoms with Crippen molar-refractivity contribution in [3.8, 4) is 21.7 Å². The van der Waals surface area contributed by atoms with Crippen molar-refractivity contribution in [1.29, 1.82) is 0 Å². The molecule has 0 bridgehead atoms. The highest BCUT2D eigenvalue weighted by Crippen LogP contribution is 2.31. The number of nitrogens with two attached hydrogens (primary N) is 1. The van der Waals surface area contributed by atoms with Crippen LogP contribution in [-0.2, 0) is 35.2 Å². The zero-order valence-electron chi connectivity index (χ0n) is 35.8. The maximum Gasteiger partial charge on any atom is 0.404 e. The van der Waals surface area contributed by atoms with Crippen LogP contribution >= 0.6 is 11.3 Å². The summed E-state index contributed by atoms with van der Waals surface area (Å²) in [4.78, 5) is 74.0. The highest BCUT2D eigenvalue weighted by Gasteiger charge is 2.19. The quantitative estimate of drug-likeness (QED) is 0.0695. The topological polar surface area (TPSA) is 206 Å². The fourth-order valence-corrected chi connectivity index (χ4v) is 6.30. The number of methoxy groups -OCH3 is 1. The molecule has 0 aliphatic carbocycles. The highest BCUT2D eigenvalue weighted by atomic mass is 32.1. The summed E-state index contributed by atoms with van der Waals surface area (Å²) in [5.74, 6) is 1.34. The van der Waals surface area contributed by atoms with Crippen molar-refractivity contribution in [3.63, 3.8) is 0 Å². The van der Waals surface area contributed by atoms with Gasteiger partial charge in [-0.1, -0.05) is 106 Å². The number of aromatic amines is 1. The highest BCUT2D eigenvalue weighted by molar-refractivity contribution is 7.20. The third-order valence-electron chi connectivity index (χ3n) is 8.20. The zero-order valence-corrected chi connectivity index (χ0v) is 36.6. The van der Waals surface area contributed by atoms with Crippen LogP contribution in [0.4, 0.5) is 10.6 Å². The number of hydrogen-bond acceptors (Lipinski definition) is 11. The third-order valence-corrected chi connectivity index (χ3v) is 9.25. The number of ether oxygens (including phenoxy) is 2. The van der Waals surface area contributed by atoms with E-state index in [0.717, 1.165) is 51.7 Å². The molecule has 5 rings (SSSR count). The summed E-state index contributed by atoms with van der Waals surface area (Å²) in [5, 5.41) is 5.69. The maximum atomic E-state index is 12.7. The van der Waals surface area contributed by atoms with E-state index in [1.807, 2.05) is 70.2 Å². The molecular weight excluding hydrogens is 787 g/mol. The van der Waals surface area contributed by atoms with Gasteiger partial charge in [0.2, 0.25) is 17.7 Å². The summed E-state index contributed by atoms with van der Waals surface area (Å²) >= 11 is 1.53. The molecule has 0 atom stereocenters. The molecule has 4 amide bonds. The lowest BCUT2D eigenvalue weighted by Crippen LogP contribution is -2.42. The van der Waals surface area contributed by atoms with Crippen molar-refractivity contribution in [2.75, 3.05) is 52.3 Å². The first-order valence-corrected chi connectivity index (χ1v) is 20.7. The van der Waals surface area contributed by atoms with Crippen LogP contribution in [0.3, 0.4) is 0 Å². The Hall–Kier alpha value is -6.07. The van der Waals surface area contributed by atoms with Crippen LogP contribution < -0.4 is 16.4 Å². The van der Waals surface area contributed by atoms with Crippen molar-refractivity contribution < 1.29 is 33.4 Å². The lowest BCUT2D eigenvalue weighted by atomic mass is 10.1. The number of aromatic nitrogens is 4. The van der Waals surface area contributed by atoms with Gasteiger partial charge >= 0.3 is 6.09 Å². The number of benzene rings is 2. The summed E-state index contributed by atoms with van der Waals surface area (Å²) in [6, 6.07) is 20.2. The van der Waals surface area contributed by atoms with Crippen molar-refractivity contribution in [2.24, 2.45) is 11.7 Å². The number of fused-ring (bicyclic) bond motifs is 1. The van der Waals surface area contributed by atoms with Crippen LogP contribution in [-0.4, -0.2) is 106 Å². The molecule has 0 fully saturated rings. The number of anilines is 1. The average Bonchev–Trinajstić information content (AvgIpc) is 3.97. The first-order valence-electron chi connectivity index (χ1n) is 19.9. The van der Waals surface area contributed by atoms with E-state index < -0.39 is 6.09 Å². The Labute approximate surface area is 356 Å². The molecule has 326 valence electrons. The standard InChI is InChI=1S/C32H44N8O3S.C6H6.C3H6O2.C2H5NO2/c1-6-8-14-39(31(43)17-33-5)21-29(41)36-28-20-40-18-26(44-32(40)37-28)24-11-9-23(10-12-24)25-16-34-27(35-25)19-38(13-7-2)30(42)15-22(3)4;1-2-4-6-5-3-1;1-2-5-3-4;1-5-2(3)4/h9-12,16,18,20,22,33H,6-8,13-15,17,19,21H2,1-5H3,(H,34,35)(H,36,41);1-6H;3H,2H2,1H3;1H3,(H2,3,4). The molecule has 0 unspecified atom stereocenters. The van der Waals surface area contributed by atoms with Gasteiger partial charge in [-0.2, -0.15) is 0 Å². The van der Waals surface area contributed by atoms with Crippen molar-refractivity contribution in [2.45, 2.75) is 66.8 Å². The molecule has 0 aliphatic heterocycles. The first-order chi connectivity index (χ1) is 28.9. The fourth-order valence-electron chi connectivity index (χ4n) is 5.33. The number of imidazole rings is 2. The van der Waals surface area contributed by atoms with Gasteiger partial charge < -0.3 is 40.6 Å². The van der Waals surface area contributed by atoms with E-state index >= 15 is 0 Å². The number of H-pyrrole nitrogens is 1. The molecule has 0 spiro atoms. The number of hydrogen-bond donors (Lipinski definition) is 4. The van der Waals surface area contributed by atoms with Gasteiger partial charge in [-0.25, -0.2) is 14.8 Å². The van der Waals surface area contributed by atoms with Gasteiger partial charge in [-0.05, 0) is 43.9 Å². The number of primary amides is 1. The summed E-state index contributed by atoms with van der Waals surface area (Å²) < 4.78 is 9.94. The normalized spacial score (nSPS) is 10.2. The number of carbonyl (C=O) groups excluding carboxylic acids is 5. The lowest BCUT2D eigenvalue weighted by Gasteiger charge is -2.22. The maximum absolute atomic E-state index is 12.7. The molecule has 5 N–H and O–H groups in total. The second kappa shape index (κ2) is 28.4. The Morgan fingerprint density at radius 2 is 1.57 bits per heavy atom. The van der Waals surface area contributed by atoms with Crippen LogP contribution in [0.2, 0.25) is 0 Å². The summed E-state index contributed by atoms with van der Waals surface area (Å²) in [6.07, 6.45) is 8.07. The number of thiazole rings is 1. The predicted molar refractivity (Wildman–Crippen MR) is 236 cm³/mol. The van der Waals surface area contributed by atoms with Crippen LogP contribution in [0.1, 0.15) is 66.1 Å². The van der Waals surface area contributed by atoms with Gasteiger partial charge in [-0.3, -0.25) is 23.6 Å². The van der Waals surface area contributed by atoms with Gasteiger partial charge in [0.25, 0.3) is 6.47 Å². The van der Waals surface area contributed by atoms with E-state index in [9.17, 15) is 24.0 Å². The number of nitrogens with zero attached hydrogens (tertiary/aromatic N) is 5. The van der Waals surface area contributed by atoms with Crippen molar-refractivity contribution in [3.05, 3.63) is 85.1 Å². The monoisotopic (exact) mass is 847 g/mol. The minimum Gasteiger partial charge on any atom is -0.468 e. The van der Waals surface area contributed by atoms with Gasteiger partial charge in [-0.15, -0.1) is 0 Å². The lowest BCUT2D eigenvalue weighted by molar-refractivity contribution is -0.134. The Kier molecular flexibility index (Phi) is 23.7. The second-order valence-electron chi connectivity index (χ2n) is 13.6. The van der Waals surface area contributed by atoms with Crippen LogP contribution in [0.5, 0.6) is 0 Å². The Morgan fingerprint density at radius 1 is 0.933 bits per heavy atom. The van der Waals surface area contributed by atoms with E-state index in [1.54, 1.807) is 25.1 Å². The first kappa shape index (κ1) is 50.1. The molecule has 16 nitrogen and oxygen atoms in total. The summed E-state index contributed by atoms with van der Waals surface area (Å²) in [6.45, 7) is 12.8. The minimum absolute atomic E-state index is 0.00559. The molecule has 0 radical (unpaired) electrons. The smallest absolute Gasteiger partial charge is 0.404 e. The van der Waals surface area contributed by atoms with Gasteiger partial charge in [0.1, 0.15) is 5.82 Å². The Morgan fingerprint density at radius 3 is 2.07 bits per heavy atom. The Bertz CT molecular complexity index is 1940. The van der Waals surface area contributed by atoms with Gasteiger partial charge in [0.05, 0.1) is 56.3 Å². The summed E-state index contributed by atoms with van der Waals surface area (Å²) in [5.41, 5.74) is 7.40. The Balaban J connectivity index is 0.000000649. The largest absolute Gasteiger partial charge is 0.468 e. The molecule has 0 saturated heterocycles. The van der Waals surface area contributed by atoms with Crippen molar-refractivity contribution in [1.82, 2.24) is 34.5 Å². The van der Waals surface area contributed by atoms with Gasteiger partial charge in [0.15, 0.2) is 10.8 Å². The predicted octanol–water partition coefficient (Wildman–Crippen LogP) is 6.60. The van der Waals surface area contributed by atoms with E-state index in [-0.39, 0.29) is 30.8 Å². The molecule has 2 aromatic carbocycles. The van der Waals surface area contributed by atoms with Crippen LogP contribution in [0, 0.1) is 5.92 Å². The molecule has 17 heteroatoms. The molecule has 0 aliphatic rings. The number of likely N-dealkylation sites (N-methyl/N-ethyl adjacent to an activating group) is 1. The van der Waals surface area contributed by atoms with E-state index in [4.69, 9.17) is 0 Å². The number of carbonyl (C=O) groups is 5. The zero-order chi connectivity index (χ0) is 44.3. The molecule has 60 heavy (non-hydrogen) atoms. The van der Waals surface area contributed by atoms with Crippen LogP contribution in [0.15, 0.2) is 79.3 Å². The van der Waals surface area contributed by atoms with Crippen LogP contribution in [0.25, 0.3) is 26.7 Å². The van der Waals surface area contributed by atoms with Crippen molar-refractivity contribution >= 4 is 52.4 Å². The van der Waals surface area contributed by atoms with E-state index in [1.165, 1.54) is 18.4 Å². The fraction of sp³-hybridized carbons (Fsp3) is 0.419. The summed E-state index contributed by atoms with van der Waals surface area (Å²) in [7, 11) is 2.94. The van der Waals surface area contributed by atoms with E-state index in [2.05, 4.69) is 80.6 Å². The average molecular weight is 848 g/mol. The molecule has 5 aromatic rings. The molecule has 3 heterocycles. The molecule has 3 aromatic heterocycles. The molecular formula is C43H61N9O7S. The number of rotatable bonds is 18. The van der Waals surface area contributed by atoms with Gasteiger partial charge in [0, 0.05) is 25.7 Å². The number of nitrogens with one attached hydrogen (secondary N) is 3. The number of amides is 4. The second-order valence-corrected chi connectivity index (χ2v) is 14.6. The SMILES string of the molecule is CCCCN(CC(=O)Nc1cn2cc(-c3ccc(-c4cnc(CN(CCC)C(=O)CC(C)C)[nH]4)cc3)sc2n1)C(=O)CNC.CCOC=O.COC(N)=O.c1ccccc1. The molecule has 0 saturated carbocycles. The minimum atomic E-state index is -0.745. The third kappa shape index (κ3) is 18.7.